The maximum Gasteiger partial charge on any atom is 0.115 e. The Kier molecular flexibility index (Phi) is 5.29. The van der Waals surface area contributed by atoms with E-state index in [0.29, 0.717) is 11.5 Å². The molecule has 2 N–H and O–H groups in total. The van der Waals surface area contributed by atoms with Gasteiger partial charge in [-0.05, 0) is 70.2 Å². The highest BCUT2D eigenvalue weighted by Gasteiger charge is 2.41. The molecule has 0 saturated heterocycles. The van der Waals surface area contributed by atoms with Gasteiger partial charge >= 0.3 is 0 Å². The average Bonchev–Trinajstić information content (AvgIpc) is 2.60. The molecule has 2 aromatic rings. The maximum atomic E-state index is 10.2. The molecule has 1 aliphatic rings. The van der Waals surface area contributed by atoms with Gasteiger partial charge in [-0.25, -0.2) is 0 Å². The van der Waals surface area contributed by atoms with E-state index in [2.05, 4.69) is 53.7 Å². The SMILES string of the molecule is CC(C)(C)c1cc(O)ccc1C1(c2ccc(O)cc2C(C)(C)C)CCCCC1. The number of phenolic OH excluding ortho intramolecular Hbond substituents is 2. The van der Waals surface area contributed by atoms with Gasteiger partial charge in [-0.15, -0.1) is 0 Å². The van der Waals surface area contributed by atoms with Crippen LogP contribution in [-0.2, 0) is 16.2 Å². The lowest BCUT2D eigenvalue weighted by Gasteiger charge is -2.44. The van der Waals surface area contributed by atoms with E-state index in [1.54, 1.807) is 0 Å². The Balaban J connectivity index is 2.35. The van der Waals surface area contributed by atoms with E-state index in [4.69, 9.17) is 0 Å². The fourth-order valence-corrected chi connectivity index (χ4v) is 4.98. The number of benzene rings is 2. The van der Waals surface area contributed by atoms with E-state index in [-0.39, 0.29) is 16.2 Å². The summed E-state index contributed by atoms with van der Waals surface area (Å²) in [5, 5.41) is 20.5. The van der Waals surface area contributed by atoms with Crippen molar-refractivity contribution in [2.45, 2.75) is 89.9 Å². The van der Waals surface area contributed by atoms with Gasteiger partial charge in [0.25, 0.3) is 0 Å². The van der Waals surface area contributed by atoms with Crippen LogP contribution >= 0.6 is 0 Å². The summed E-state index contributed by atoms with van der Waals surface area (Å²) in [6.07, 6.45) is 5.89. The molecule has 2 aromatic carbocycles. The molecule has 1 saturated carbocycles. The van der Waals surface area contributed by atoms with Crippen molar-refractivity contribution in [3.05, 3.63) is 58.7 Å². The quantitative estimate of drug-likeness (QED) is 0.592. The lowest BCUT2D eigenvalue weighted by molar-refractivity contribution is 0.333. The molecular formula is C26H36O2. The standard InChI is InChI=1S/C26H36O2/c1-24(2,3)22-16-18(27)10-12-20(22)26(14-8-7-9-15-26)21-13-11-19(28)17-23(21)25(4,5)6/h10-13,16-17,27-28H,7-9,14-15H2,1-6H3. The predicted molar refractivity (Wildman–Crippen MR) is 117 cm³/mol. The van der Waals surface area contributed by atoms with E-state index in [0.717, 1.165) is 12.8 Å². The first-order valence-corrected chi connectivity index (χ1v) is 10.6. The molecule has 0 unspecified atom stereocenters. The molecule has 0 amide bonds. The first-order valence-electron chi connectivity index (χ1n) is 10.6. The monoisotopic (exact) mass is 380 g/mol. The normalized spacial score (nSPS) is 17.5. The molecule has 28 heavy (non-hydrogen) atoms. The van der Waals surface area contributed by atoms with Crippen LogP contribution in [0.1, 0.15) is 95.9 Å². The molecule has 0 aliphatic heterocycles. The molecule has 0 bridgehead atoms. The molecular weight excluding hydrogens is 344 g/mol. The highest BCUT2D eigenvalue weighted by atomic mass is 16.3. The van der Waals surface area contributed by atoms with Crippen LogP contribution in [0.2, 0.25) is 0 Å². The van der Waals surface area contributed by atoms with Gasteiger partial charge in [-0.2, -0.15) is 0 Å². The zero-order valence-corrected chi connectivity index (χ0v) is 18.4. The number of hydrogen-bond acceptors (Lipinski definition) is 2. The molecule has 0 spiro atoms. The summed E-state index contributed by atoms with van der Waals surface area (Å²) < 4.78 is 0. The molecule has 0 atom stereocenters. The van der Waals surface area contributed by atoms with Crippen molar-refractivity contribution >= 4 is 0 Å². The van der Waals surface area contributed by atoms with Crippen LogP contribution < -0.4 is 0 Å². The molecule has 152 valence electrons. The van der Waals surface area contributed by atoms with Gasteiger partial charge in [0.05, 0.1) is 0 Å². The second kappa shape index (κ2) is 7.13. The number of rotatable bonds is 2. The predicted octanol–water partition coefficient (Wildman–Crippen LogP) is 6.94. The number of hydrogen-bond donors (Lipinski definition) is 2. The van der Waals surface area contributed by atoms with Crippen LogP contribution in [0.4, 0.5) is 0 Å². The van der Waals surface area contributed by atoms with Gasteiger partial charge in [0.2, 0.25) is 0 Å². The molecule has 1 aliphatic carbocycles. The van der Waals surface area contributed by atoms with Crippen LogP contribution in [0, 0.1) is 0 Å². The Labute approximate surface area is 170 Å². The van der Waals surface area contributed by atoms with Crippen LogP contribution in [-0.4, -0.2) is 10.2 Å². The first-order chi connectivity index (χ1) is 12.9. The fourth-order valence-electron chi connectivity index (χ4n) is 4.98. The summed E-state index contributed by atoms with van der Waals surface area (Å²) in [5.41, 5.74) is 4.94. The van der Waals surface area contributed by atoms with Crippen molar-refractivity contribution in [1.82, 2.24) is 0 Å². The topological polar surface area (TPSA) is 40.5 Å². The van der Waals surface area contributed by atoms with E-state index < -0.39 is 0 Å². The average molecular weight is 381 g/mol. The van der Waals surface area contributed by atoms with Crippen molar-refractivity contribution in [2.75, 3.05) is 0 Å². The second-order valence-electron chi connectivity index (χ2n) is 10.6. The van der Waals surface area contributed by atoms with Crippen molar-refractivity contribution in [1.29, 1.82) is 0 Å². The van der Waals surface area contributed by atoms with E-state index in [1.807, 2.05) is 24.3 Å². The summed E-state index contributed by atoms with van der Waals surface area (Å²) in [7, 11) is 0. The zero-order valence-electron chi connectivity index (χ0n) is 18.4. The Morgan fingerprint density at radius 1 is 0.643 bits per heavy atom. The van der Waals surface area contributed by atoms with Crippen LogP contribution in [0.3, 0.4) is 0 Å². The first kappa shape index (κ1) is 20.8. The fraction of sp³-hybridized carbons (Fsp3) is 0.538. The molecule has 2 nitrogen and oxygen atoms in total. The summed E-state index contributed by atoms with van der Waals surface area (Å²) in [5.74, 6) is 0.669. The Morgan fingerprint density at radius 3 is 1.39 bits per heavy atom. The van der Waals surface area contributed by atoms with Gasteiger partial charge in [0, 0.05) is 5.41 Å². The smallest absolute Gasteiger partial charge is 0.115 e. The van der Waals surface area contributed by atoms with E-state index in [9.17, 15) is 10.2 Å². The Bertz CT molecular complexity index is 778. The minimum atomic E-state index is -0.0785. The van der Waals surface area contributed by atoms with Crippen molar-refractivity contribution < 1.29 is 10.2 Å². The minimum absolute atomic E-state index is 0.0582. The Morgan fingerprint density at radius 2 is 1.04 bits per heavy atom. The lowest BCUT2D eigenvalue weighted by atomic mass is 9.60. The molecule has 0 radical (unpaired) electrons. The highest BCUT2D eigenvalue weighted by molar-refractivity contribution is 5.53. The second-order valence-corrected chi connectivity index (χ2v) is 10.6. The molecule has 3 rings (SSSR count). The maximum absolute atomic E-state index is 10.2. The summed E-state index contributed by atoms with van der Waals surface area (Å²) in [6.45, 7) is 13.4. The van der Waals surface area contributed by atoms with Gasteiger partial charge in [0.1, 0.15) is 11.5 Å². The van der Waals surface area contributed by atoms with Crippen LogP contribution in [0.5, 0.6) is 11.5 Å². The summed E-state index contributed by atoms with van der Waals surface area (Å²) in [6, 6.07) is 11.9. The molecule has 2 heteroatoms. The summed E-state index contributed by atoms with van der Waals surface area (Å²) in [4.78, 5) is 0. The number of aromatic hydroxyl groups is 2. The zero-order chi connectivity index (χ0) is 20.7. The van der Waals surface area contributed by atoms with Gasteiger partial charge in [-0.3, -0.25) is 0 Å². The van der Waals surface area contributed by atoms with Gasteiger partial charge in [0.15, 0.2) is 0 Å². The Hall–Kier alpha value is -1.96. The van der Waals surface area contributed by atoms with Crippen molar-refractivity contribution in [2.24, 2.45) is 0 Å². The van der Waals surface area contributed by atoms with Crippen LogP contribution in [0.15, 0.2) is 36.4 Å². The largest absolute Gasteiger partial charge is 0.508 e. The van der Waals surface area contributed by atoms with E-state index in [1.165, 1.54) is 41.5 Å². The van der Waals surface area contributed by atoms with Crippen molar-refractivity contribution in [3.63, 3.8) is 0 Å². The third kappa shape index (κ3) is 3.79. The van der Waals surface area contributed by atoms with Gasteiger partial charge < -0.3 is 10.2 Å². The molecule has 0 aromatic heterocycles. The third-order valence-corrected chi connectivity index (χ3v) is 6.36. The molecule has 1 fully saturated rings. The van der Waals surface area contributed by atoms with Crippen molar-refractivity contribution in [3.8, 4) is 11.5 Å². The summed E-state index contributed by atoms with van der Waals surface area (Å²) >= 11 is 0. The number of phenols is 2. The molecule has 0 heterocycles. The minimum Gasteiger partial charge on any atom is -0.508 e. The van der Waals surface area contributed by atoms with Gasteiger partial charge in [-0.1, -0.05) is 72.9 Å². The highest BCUT2D eigenvalue weighted by Crippen LogP contribution is 2.51. The van der Waals surface area contributed by atoms with Crippen LogP contribution in [0.25, 0.3) is 0 Å². The third-order valence-electron chi connectivity index (χ3n) is 6.36. The lowest BCUT2D eigenvalue weighted by Crippen LogP contribution is -2.36. The van der Waals surface area contributed by atoms with E-state index >= 15 is 0 Å².